The molecule has 1 atom stereocenters. The Hall–Kier alpha value is -2.48. The smallest absolute Gasteiger partial charge is 0.327 e. The number of hydrogen-bond acceptors (Lipinski definition) is 5. The number of aryl methyl sites for hydroxylation is 1. The number of H-pyrrole nitrogens is 2. The summed E-state index contributed by atoms with van der Waals surface area (Å²) in [6.45, 7) is 4.10. The summed E-state index contributed by atoms with van der Waals surface area (Å²) in [6.07, 6.45) is 2.78. The van der Waals surface area contributed by atoms with Gasteiger partial charge in [-0.25, -0.2) is 9.78 Å². The number of nitrogens with zero attached hydrogens (tertiary/aromatic N) is 1. The Bertz CT molecular complexity index is 824. The van der Waals surface area contributed by atoms with Crippen LogP contribution in [0.1, 0.15) is 42.2 Å². The van der Waals surface area contributed by atoms with Crippen molar-refractivity contribution in [2.45, 2.75) is 39.2 Å². The molecular weight excluding hydrogens is 298 g/mol. The first kappa shape index (κ1) is 16.9. The number of aromatic amines is 2. The van der Waals surface area contributed by atoms with E-state index < -0.39 is 11.2 Å². The van der Waals surface area contributed by atoms with Crippen molar-refractivity contribution in [3.05, 3.63) is 38.2 Å². The molecule has 0 saturated carbocycles. The van der Waals surface area contributed by atoms with Crippen LogP contribution in [0.25, 0.3) is 11.0 Å². The molecule has 8 heteroatoms. The van der Waals surface area contributed by atoms with Gasteiger partial charge in [-0.3, -0.25) is 19.6 Å². The molecular formula is C15H21N5O3. The number of carbonyl (C=O) groups is 1. The van der Waals surface area contributed by atoms with Crippen LogP contribution in [0.4, 0.5) is 0 Å². The van der Waals surface area contributed by atoms with Gasteiger partial charge in [0.2, 0.25) is 0 Å². The number of nitrogens with one attached hydrogen (secondary N) is 3. The van der Waals surface area contributed by atoms with Gasteiger partial charge in [0.05, 0.1) is 5.39 Å². The monoisotopic (exact) mass is 319 g/mol. The molecule has 0 radical (unpaired) electrons. The molecule has 2 aromatic heterocycles. The number of amides is 1. The van der Waals surface area contributed by atoms with E-state index in [4.69, 9.17) is 5.73 Å². The van der Waals surface area contributed by atoms with Crippen LogP contribution < -0.4 is 22.3 Å². The third kappa shape index (κ3) is 3.84. The lowest BCUT2D eigenvalue weighted by atomic mass is 10.1. The lowest BCUT2D eigenvalue weighted by molar-refractivity contribution is 0.0931. The van der Waals surface area contributed by atoms with Crippen molar-refractivity contribution in [2.24, 2.45) is 5.73 Å². The largest absolute Gasteiger partial charge is 0.347 e. The molecule has 0 aliphatic rings. The Morgan fingerprint density at radius 2 is 2.13 bits per heavy atom. The summed E-state index contributed by atoms with van der Waals surface area (Å²) in [4.78, 5) is 44.2. The second kappa shape index (κ2) is 7.19. The second-order valence-corrected chi connectivity index (χ2v) is 5.50. The zero-order valence-corrected chi connectivity index (χ0v) is 13.2. The lowest BCUT2D eigenvalue weighted by Crippen LogP contribution is -2.40. The number of nitrogens with two attached hydrogens (primary N) is 1. The molecule has 0 saturated heterocycles. The maximum Gasteiger partial charge on any atom is 0.327 e. The van der Waals surface area contributed by atoms with Crippen LogP contribution in [-0.2, 0) is 0 Å². The van der Waals surface area contributed by atoms with Crippen LogP contribution in [0.2, 0.25) is 0 Å². The molecule has 124 valence electrons. The molecule has 0 aliphatic carbocycles. The Morgan fingerprint density at radius 1 is 1.39 bits per heavy atom. The van der Waals surface area contributed by atoms with Gasteiger partial charge in [0.15, 0.2) is 0 Å². The summed E-state index contributed by atoms with van der Waals surface area (Å²) in [7, 11) is 0. The summed E-state index contributed by atoms with van der Waals surface area (Å²) >= 11 is 0. The van der Waals surface area contributed by atoms with E-state index in [-0.39, 0.29) is 28.7 Å². The van der Waals surface area contributed by atoms with Gasteiger partial charge in [0.25, 0.3) is 11.5 Å². The van der Waals surface area contributed by atoms with Crippen molar-refractivity contribution in [2.75, 3.05) is 6.54 Å². The van der Waals surface area contributed by atoms with Crippen molar-refractivity contribution in [1.29, 1.82) is 0 Å². The summed E-state index contributed by atoms with van der Waals surface area (Å²) in [5.41, 5.74) is 5.30. The highest BCUT2D eigenvalue weighted by molar-refractivity contribution is 5.95. The molecule has 23 heavy (non-hydrogen) atoms. The van der Waals surface area contributed by atoms with Crippen LogP contribution in [-0.4, -0.2) is 33.4 Å². The second-order valence-electron chi connectivity index (χ2n) is 5.50. The van der Waals surface area contributed by atoms with Gasteiger partial charge >= 0.3 is 5.69 Å². The Morgan fingerprint density at radius 3 is 2.78 bits per heavy atom. The number of carbonyl (C=O) groups excluding carboxylic acids is 1. The average molecular weight is 319 g/mol. The van der Waals surface area contributed by atoms with Crippen molar-refractivity contribution < 1.29 is 4.79 Å². The quantitative estimate of drug-likeness (QED) is 0.602. The normalized spacial score (nSPS) is 12.3. The van der Waals surface area contributed by atoms with E-state index >= 15 is 0 Å². The molecule has 0 fully saturated rings. The van der Waals surface area contributed by atoms with Crippen molar-refractivity contribution in [1.82, 2.24) is 20.3 Å². The minimum absolute atomic E-state index is 0.0988. The van der Waals surface area contributed by atoms with Crippen LogP contribution >= 0.6 is 0 Å². The minimum atomic E-state index is -0.658. The summed E-state index contributed by atoms with van der Waals surface area (Å²) in [5, 5.41) is 3.10. The topological polar surface area (TPSA) is 134 Å². The average Bonchev–Trinajstić information content (AvgIpc) is 2.49. The molecule has 2 aromatic rings. The van der Waals surface area contributed by atoms with E-state index in [1.165, 1.54) is 6.07 Å². The number of fused-ring (bicyclic) bond motifs is 1. The van der Waals surface area contributed by atoms with E-state index in [0.717, 1.165) is 19.3 Å². The van der Waals surface area contributed by atoms with Gasteiger partial charge in [0.1, 0.15) is 11.3 Å². The standard InChI is InChI=1S/C15H21N5O3/c1-3-4-5-9(7-16)17-13(21)10-6-8(2)11-12(18-10)19-15(23)20-14(11)22/h6,9H,3-5,7,16H2,1-2H3,(H,17,21)(H2,18,19,20,22,23). The summed E-state index contributed by atoms with van der Waals surface area (Å²) in [5.74, 6) is -0.373. The van der Waals surface area contributed by atoms with E-state index in [1.807, 2.05) is 0 Å². The lowest BCUT2D eigenvalue weighted by Gasteiger charge is -2.16. The number of rotatable bonds is 6. The van der Waals surface area contributed by atoms with Crippen molar-refractivity contribution in [3.63, 3.8) is 0 Å². The SMILES string of the molecule is CCCCC(CN)NC(=O)c1cc(C)c2c(=O)[nH]c(=O)[nH]c2n1. The third-order valence-corrected chi connectivity index (χ3v) is 3.66. The number of aromatic nitrogens is 3. The highest BCUT2D eigenvalue weighted by Gasteiger charge is 2.16. The number of hydrogen-bond donors (Lipinski definition) is 4. The predicted molar refractivity (Wildman–Crippen MR) is 87.6 cm³/mol. The molecule has 5 N–H and O–H groups in total. The molecule has 0 aromatic carbocycles. The molecule has 0 bridgehead atoms. The number of pyridine rings is 1. The Labute approximate surface area is 132 Å². The van der Waals surface area contributed by atoms with Crippen LogP contribution in [0, 0.1) is 6.92 Å². The van der Waals surface area contributed by atoms with E-state index in [1.54, 1.807) is 6.92 Å². The summed E-state index contributed by atoms with van der Waals surface area (Å²) in [6, 6.07) is 1.40. The fourth-order valence-electron chi connectivity index (χ4n) is 2.43. The molecule has 8 nitrogen and oxygen atoms in total. The highest BCUT2D eigenvalue weighted by atomic mass is 16.2. The van der Waals surface area contributed by atoms with Gasteiger partial charge in [0, 0.05) is 12.6 Å². The first-order valence-electron chi connectivity index (χ1n) is 7.61. The van der Waals surface area contributed by atoms with E-state index in [9.17, 15) is 14.4 Å². The number of unbranched alkanes of at least 4 members (excludes halogenated alkanes) is 1. The van der Waals surface area contributed by atoms with Crippen LogP contribution in [0.15, 0.2) is 15.7 Å². The van der Waals surface area contributed by atoms with Crippen LogP contribution in [0.5, 0.6) is 0 Å². The van der Waals surface area contributed by atoms with Gasteiger partial charge in [-0.05, 0) is 25.0 Å². The van der Waals surface area contributed by atoms with E-state index in [0.29, 0.717) is 12.1 Å². The Kier molecular flexibility index (Phi) is 5.28. The molecule has 1 unspecified atom stereocenters. The third-order valence-electron chi connectivity index (χ3n) is 3.66. The molecule has 1 amide bonds. The molecule has 0 aliphatic heterocycles. The van der Waals surface area contributed by atoms with E-state index in [2.05, 4.69) is 27.2 Å². The zero-order valence-electron chi connectivity index (χ0n) is 13.2. The zero-order chi connectivity index (χ0) is 17.0. The predicted octanol–water partition coefficient (Wildman–Crippen LogP) is 0.167. The van der Waals surface area contributed by atoms with Gasteiger partial charge in [-0.15, -0.1) is 0 Å². The van der Waals surface area contributed by atoms with Crippen molar-refractivity contribution >= 4 is 16.9 Å². The van der Waals surface area contributed by atoms with Crippen LogP contribution in [0.3, 0.4) is 0 Å². The van der Waals surface area contributed by atoms with Gasteiger partial charge in [-0.1, -0.05) is 19.8 Å². The molecule has 2 rings (SSSR count). The van der Waals surface area contributed by atoms with Gasteiger partial charge < -0.3 is 11.1 Å². The highest BCUT2D eigenvalue weighted by Crippen LogP contribution is 2.11. The first-order chi connectivity index (χ1) is 11.0. The minimum Gasteiger partial charge on any atom is -0.347 e. The molecule has 0 spiro atoms. The summed E-state index contributed by atoms with van der Waals surface area (Å²) < 4.78 is 0. The molecule has 2 heterocycles. The maximum absolute atomic E-state index is 12.3. The Balaban J connectivity index is 2.34. The van der Waals surface area contributed by atoms with Crippen molar-refractivity contribution in [3.8, 4) is 0 Å². The van der Waals surface area contributed by atoms with Gasteiger partial charge in [-0.2, -0.15) is 0 Å². The first-order valence-corrected chi connectivity index (χ1v) is 7.61. The fourth-order valence-corrected chi connectivity index (χ4v) is 2.43. The maximum atomic E-state index is 12.3. The fraction of sp³-hybridized carbons (Fsp3) is 0.467.